The van der Waals surface area contributed by atoms with Crippen molar-refractivity contribution >= 4 is 15.9 Å². The molecule has 0 unspecified atom stereocenters. The average Bonchev–Trinajstić information content (AvgIpc) is 2.13. The van der Waals surface area contributed by atoms with E-state index in [1.54, 1.807) is 0 Å². The molecule has 0 atom stereocenters. The lowest BCUT2D eigenvalue weighted by atomic mass is 10.2. The van der Waals surface area contributed by atoms with E-state index in [-0.39, 0.29) is 0 Å². The van der Waals surface area contributed by atoms with Gasteiger partial charge in [0.2, 0.25) is 0 Å². The van der Waals surface area contributed by atoms with Crippen molar-refractivity contribution in [1.29, 1.82) is 0 Å². The van der Waals surface area contributed by atoms with Gasteiger partial charge in [-0.1, -0.05) is 19.9 Å². The highest BCUT2D eigenvalue weighted by molar-refractivity contribution is 9.10. The SMILES string of the molecule is CC.Cc1nc(Br)ccc1CN(C)C. The van der Waals surface area contributed by atoms with Gasteiger partial charge in [0.25, 0.3) is 0 Å². The van der Waals surface area contributed by atoms with Gasteiger partial charge in [-0.3, -0.25) is 0 Å². The van der Waals surface area contributed by atoms with Crippen molar-refractivity contribution in [2.24, 2.45) is 0 Å². The highest BCUT2D eigenvalue weighted by Crippen LogP contribution is 2.12. The molecule has 1 aromatic rings. The van der Waals surface area contributed by atoms with Crippen molar-refractivity contribution < 1.29 is 0 Å². The van der Waals surface area contributed by atoms with E-state index in [9.17, 15) is 0 Å². The first-order valence-corrected chi connectivity index (χ1v) is 5.65. The minimum atomic E-state index is 0.905. The number of aromatic nitrogens is 1. The highest BCUT2D eigenvalue weighted by atomic mass is 79.9. The molecule has 3 heteroatoms. The van der Waals surface area contributed by atoms with Crippen molar-refractivity contribution in [1.82, 2.24) is 9.88 Å². The molecule has 80 valence electrons. The van der Waals surface area contributed by atoms with E-state index in [1.807, 2.05) is 26.8 Å². The smallest absolute Gasteiger partial charge is 0.106 e. The zero-order valence-electron chi connectivity index (χ0n) is 9.63. The lowest BCUT2D eigenvalue weighted by Crippen LogP contribution is -2.12. The number of halogens is 1. The van der Waals surface area contributed by atoms with Crippen LogP contribution in [0.5, 0.6) is 0 Å². The molecule has 0 aliphatic rings. The molecule has 0 amide bonds. The molecule has 0 saturated heterocycles. The molecule has 0 aromatic carbocycles. The van der Waals surface area contributed by atoms with Crippen molar-refractivity contribution in [2.45, 2.75) is 27.3 Å². The Balaban J connectivity index is 0.000000791. The lowest BCUT2D eigenvalue weighted by Gasteiger charge is -2.11. The number of hydrogen-bond donors (Lipinski definition) is 0. The van der Waals surface area contributed by atoms with Gasteiger partial charge in [0, 0.05) is 12.2 Å². The van der Waals surface area contributed by atoms with Gasteiger partial charge in [0.05, 0.1) is 0 Å². The van der Waals surface area contributed by atoms with Crippen LogP contribution in [0.25, 0.3) is 0 Å². The molecule has 0 bridgehead atoms. The van der Waals surface area contributed by atoms with Crippen LogP contribution >= 0.6 is 15.9 Å². The van der Waals surface area contributed by atoms with Crippen LogP contribution in [-0.4, -0.2) is 24.0 Å². The van der Waals surface area contributed by atoms with E-state index in [1.165, 1.54) is 5.56 Å². The lowest BCUT2D eigenvalue weighted by molar-refractivity contribution is 0.400. The Bertz CT molecular complexity index is 272. The van der Waals surface area contributed by atoms with E-state index in [0.717, 1.165) is 16.8 Å². The fourth-order valence-corrected chi connectivity index (χ4v) is 1.47. The molecule has 14 heavy (non-hydrogen) atoms. The first-order valence-electron chi connectivity index (χ1n) is 4.86. The summed E-state index contributed by atoms with van der Waals surface area (Å²) in [6, 6.07) is 4.08. The van der Waals surface area contributed by atoms with Crippen LogP contribution in [0.2, 0.25) is 0 Å². The Labute approximate surface area is 95.5 Å². The van der Waals surface area contributed by atoms with E-state index < -0.39 is 0 Å². The summed E-state index contributed by atoms with van der Waals surface area (Å²) in [4.78, 5) is 6.45. The maximum Gasteiger partial charge on any atom is 0.106 e. The molecule has 1 heterocycles. The second-order valence-corrected chi connectivity index (χ2v) is 3.93. The van der Waals surface area contributed by atoms with Gasteiger partial charge >= 0.3 is 0 Å². The van der Waals surface area contributed by atoms with Gasteiger partial charge < -0.3 is 4.90 Å². The molecule has 2 nitrogen and oxygen atoms in total. The van der Waals surface area contributed by atoms with Crippen molar-refractivity contribution in [3.8, 4) is 0 Å². The van der Waals surface area contributed by atoms with E-state index in [2.05, 4.69) is 46.0 Å². The summed E-state index contributed by atoms with van der Waals surface area (Å²) in [6.45, 7) is 6.98. The maximum atomic E-state index is 4.32. The molecular weight excluding hydrogens is 240 g/mol. The predicted octanol–water partition coefficient (Wildman–Crippen LogP) is 3.24. The standard InChI is InChI=1S/C9H13BrN2.C2H6/c1-7-8(6-12(2)3)4-5-9(10)11-7;1-2/h4-5H,6H2,1-3H3;1-2H3. The first kappa shape index (κ1) is 13.6. The summed E-state index contributed by atoms with van der Waals surface area (Å²) in [6.07, 6.45) is 0. The fourth-order valence-electron chi connectivity index (χ4n) is 1.07. The largest absolute Gasteiger partial charge is 0.305 e. The fraction of sp³-hybridized carbons (Fsp3) is 0.545. The van der Waals surface area contributed by atoms with Crippen molar-refractivity contribution in [2.75, 3.05) is 14.1 Å². The third-order valence-corrected chi connectivity index (χ3v) is 2.09. The zero-order valence-corrected chi connectivity index (χ0v) is 11.2. The topological polar surface area (TPSA) is 16.1 Å². The molecule has 1 aromatic heterocycles. The van der Waals surface area contributed by atoms with Crippen LogP contribution in [0.15, 0.2) is 16.7 Å². The van der Waals surface area contributed by atoms with Crippen molar-refractivity contribution in [3.05, 3.63) is 28.0 Å². The van der Waals surface area contributed by atoms with Gasteiger partial charge in [0.1, 0.15) is 4.60 Å². The molecule has 0 aliphatic carbocycles. The highest BCUT2D eigenvalue weighted by Gasteiger charge is 2.00. The maximum absolute atomic E-state index is 4.32. The summed E-state index contributed by atoms with van der Waals surface area (Å²) in [7, 11) is 4.11. The Morgan fingerprint density at radius 2 is 1.86 bits per heavy atom. The second kappa shape index (κ2) is 6.96. The number of nitrogens with zero attached hydrogens (tertiary/aromatic N) is 2. The molecule has 0 spiro atoms. The summed E-state index contributed by atoms with van der Waals surface area (Å²) < 4.78 is 0.905. The molecule has 1 rings (SSSR count). The first-order chi connectivity index (χ1) is 6.59. The number of hydrogen-bond acceptors (Lipinski definition) is 2. The summed E-state index contributed by atoms with van der Waals surface area (Å²) in [5.41, 5.74) is 2.38. The molecular formula is C11H19BrN2. The van der Waals surface area contributed by atoms with Gasteiger partial charge in [0.15, 0.2) is 0 Å². The van der Waals surface area contributed by atoms with Crippen LogP contribution < -0.4 is 0 Å². The van der Waals surface area contributed by atoms with Crippen LogP contribution in [0.1, 0.15) is 25.1 Å². The van der Waals surface area contributed by atoms with Crippen LogP contribution in [0, 0.1) is 6.92 Å². The minimum Gasteiger partial charge on any atom is -0.305 e. The van der Waals surface area contributed by atoms with Gasteiger partial charge in [-0.05, 0) is 48.6 Å². The monoisotopic (exact) mass is 258 g/mol. The molecule has 0 radical (unpaired) electrons. The summed E-state index contributed by atoms with van der Waals surface area (Å²) in [5.74, 6) is 0. The van der Waals surface area contributed by atoms with E-state index >= 15 is 0 Å². The van der Waals surface area contributed by atoms with Crippen LogP contribution in [-0.2, 0) is 6.54 Å². The zero-order chi connectivity index (χ0) is 11.1. The minimum absolute atomic E-state index is 0.905. The predicted molar refractivity (Wildman–Crippen MR) is 65.4 cm³/mol. The summed E-state index contributed by atoms with van der Waals surface area (Å²) >= 11 is 3.34. The van der Waals surface area contributed by atoms with Gasteiger partial charge in [-0.2, -0.15) is 0 Å². The Morgan fingerprint density at radius 3 is 2.29 bits per heavy atom. The average molecular weight is 259 g/mol. The van der Waals surface area contributed by atoms with Crippen LogP contribution in [0.4, 0.5) is 0 Å². The summed E-state index contributed by atoms with van der Waals surface area (Å²) in [5, 5.41) is 0. The molecule has 0 fully saturated rings. The third-order valence-electron chi connectivity index (χ3n) is 1.65. The third kappa shape index (κ3) is 4.72. The normalized spacial score (nSPS) is 9.64. The quantitative estimate of drug-likeness (QED) is 0.758. The van der Waals surface area contributed by atoms with Crippen molar-refractivity contribution in [3.63, 3.8) is 0 Å². The second-order valence-electron chi connectivity index (χ2n) is 3.12. The Hall–Kier alpha value is -0.410. The van der Waals surface area contributed by atoms with E-state index in [4.69, 9.17) is 0 Å². The number of rotatable bonds is 2. The van der Waals surface area contributed by atoms with E-state index in [0.29, 0.717) is 0 Å². The molecule has 0 aliphatic heterocycles. The van der Waals surface area contributed by atoms with Gasteiger partial charge in [-0.25, -0.2) is 4.98 Å². The van der Waals surface area contributed by atoms with Gasteiger partial charge in [-0.15, -0.1) is 0 Å². The Morgan fingerprint density at radius 1 is 1.29 bits per heavy atom. The molecule has 0 N–H and O–H groups in total. The Kier molecular flexibility index (Phi) is 6.75. The number of pyridine rings is 1. The van der Waals surface area contributed by atoms with Crippen LogP contribution in [0.3, 0.4) is 0 Å². The molecule has 0 saturated carbocycles. The number of aryl methyl sites for hydroxylation is 1.